The third kappa shape index (κ3) is 4.93. The lowest BCUT2D eigenvalue weighted by molar-refractivity contribution is -0.116. The van der Waals surface area contributed by atoms with Crippen LogP contribution >= 0.6 is 0 Å². The van der Waals surface area contributed by atoms with E-state index in [-0.39, 0.29) is 24.7 Å². The molecule has 0 bridgehead atoms. The molecule has 6 nitrogen and oxygen atoms in total. The van der Waals surface area contributed by atoms with Crippen molar-refractivity contribution in [2.75, 3.05) is 32.2 Å². The van der Waals surface area contributed by atoms with Crippen molar-refractivity contribution in [1.82, 2.24) is 5.32 Å². The molecule has 0 heterocycles. The van der Waals surface area contributed by atoms with Gasteiger partial charge in [-0.3, -0.25) is 9.59 Å². The molecule has 1 N–H and O–H groups in total. The summed E-state index contributed by atoms with van der Waals surface area (Å²) in [5.41, 5.74) is 0.291. The lowest BCUT2D eigenvalue weighted by Crippen LogP contribution is -2.38. The van der Waals surface area contributed by atoms with E-state index in [1.54, 1.807) is 12.1 Å². The summed E-state index contributed by atoms with van der Waals surface area (Å²) in [4.78, 5) is 25.2. The molecule has 0 spiro atoms. The fourth-order valence-corrected chi connectivity index (χ4v) is 2.51. The average Bonchev–Trinajstić information content (AvgIpc) is 2.65. The van der Waals surface area contributed by atoms with Crippen molar-refractivity contribution in [1.29, 1.82) is 0 Å². The van der Waals surface area contributed by atoms with Crippen LogP contribution in [-0.2, 0) is 4.79 Å². The van der Waals surface area contributed by atoms with Gasteiger partial charge in [0.05, 0.1) is 19.9 Å². The molecule has 144 valence electrons. The zero-order valence-corrected chi connectivity index (χ0v) is 15.2. The summed E-state index contributed by atoms with van der Waals surface area (Å²) in [6.45, 7) is 1.36. The van der Waals surface area contributed by atoms with Crippen LogP contribution in [-0.4, -0.2) is 39.1 Å². The number of anilines is 1. The number of methoxy groups -OCH3 is 2. The molecule has 2 rings (SSSR count). The van der Waals surface area contributed by atoms with E-state index in [9.17, 15) is 18.4 Å². The minimum absolute atomic E-state index is 0.0247. The molecule has 0 aromatic heterocycles. The van der Waals surface area contributed by atoms with Gasteiger partial charge in [-0.15, -0.1) is 0 Å². The number of ether oxygens (including phenoxy) is 2. The molecule has 0 aliphatic rings. The Hall–Kier alpha value is -3.16. The van der Waals surface area contributed by atoms with Gasteiger partial charge in [0.15, 0.2) is 11.5 Å². The number of amides is 2. The summed E-state index contributed by atoms with van der Waals surface area (Å²) in [5, 5.41) is 2.65. The molecular weight excluding hydrogens is 358 g/mol. The monoisotopic (exact) mass is 378 g/mol. The number of nitrogens with one attached hydrogen (secondary N) is 1. The molecule has 0 aliphatic heterocycles. The fraction of sp³-hybridized carbons (Fsp3) is 0.263. The normalized spacial score (nSPS) is 10.3. The Balaban J connectivity index is 2.04. The predicted octanol–water partition coefficient (Wildman–Crippen LogP) is 2.76. The van der Waals surface area contributed by atoms with Gasteiger partial charge < -0.3 is 19.7 Å². The van der Waals surface area contributed by atoms with E-state index in [1.165, 1.54) is 33.3 Å². The standard InChI is InChI=1S/C19H20F2N2O4/c1-12(24)23(16-6-5-14(20)11-15(16)21)9-8-22-19(25)13-4-7-17(26-2)18(10-13)27-3/h4-7,10-11H,8-9H2,1-3H3,(H,22,25). The highest BCUT2D eigenvalue weighted by Gasteiger charge is 2.17. The van der Waals surface area contributed by atoms with E-state index >= 15 is 0 Å². The first-order valence-corrected chi connectivity index (χ1v) is 8.10. The van der Waals surface area contributed by atoms with Crippen LogP contribution in [0.4, 0.5) is 14.5 Å². The van der Waals surface area contributed by atoms with Gasteiger partial charge in [-0.05, 0) is 30.3 Å². The molecule has 0 fully saturated rings. The summed E-state index contributed by atoms with van der Waals surface area (Å²) in [5.74, 6) is -1.51. The molecule has 2 aromatic carbocycles. The maximum atomic E-state index is 13.9. The quantitative estimate of drug-likeness (QED) is 0.805. The Morgan fingerprint density at radius 1 is 1.04 bits per heavy atom. The topological polar surface area (TPSA) is 67.9 Å². The van der Waals surface area contributed by atoms with E-state index in [1.807, 2.05) is 0 Å². The Morgan fingerprint density at radius 3 is 2.33 bits per heavy atom. The van der Waals surface area contributed by atoms with Gasteiger partial charge >= 0.3 is 0 Å². The van der Waals surface area contributed by atoms with Gasteiger partial charge in [0.1, 0.15) is 11.6 Å². The predicted molar refractivity (Wildman–Crippen MR) is 96.3 cm³/mol. The molecule has 27 heavy (non-hydrogen) atoms. The number of hydrogen-bond acceptors (Lipinski definition) is 4. The SMILES string of the molecule is COc1ccc(C(=O)NCCN(C(C)=O)c2ccc(F)cc2F)cc1OC. The van der Waals surface area contributed by atoms with Crippen LogP contribution in [0.1, 0.15) is 17.3 Å². The second-order valence-electron chi connectivity index (χ2n) is 5.59. The van der Waals surface area contributed by atoms with E-state index < -0.39 is 17.5 Å². The molecule has 0 saturated heterocycles. The maximum Gasteiger partial charge on any atom is 0.251 e. The van der Waals surface area contributed by atoms with E-state index in [4.69, 9.17) is 9.47 Å². The zero-order chi connectivity index (χ0) is 20.0. The lowest BCUT2D eigenvalue weighted by Gasteiger charge is -2.22. The van der Waals surface area contributed by atoms with Gasteiger partial charge in [0.25, 0.3) is 5.91 Å². The highest BCUT2D eigenvalue weighted by atomic mass is 19.1. The number of rotatable bonds is 7. The summed E-state index contributed by atoms with van der Waals surface area (Å²) >= 11 is 0. The lowest BCUT2D eigenvalue weighted by atomic mass is 10.2. The maximum absolute atomic E-state index is 13.9. The molecule has 0 radical (unpaired) electrons. The largest absolute Gasteiger partial charge is 0.493 e. The molecule has 0 saturated carbocycles. The Kier molecular flexibility index (Phi) is 6.70. The molecule has 0 atom stereocenters. The number of benzene rings is 2. The van der Waals surface area contributed by atoms with Gasteiger partial charge in [-0.1, -0.05) is 0 Å². The Labute approximate surface area is 155 Å². The number of hydrogen-bond donors (Lipinski definition) is 1. The van der Waals surface area contributed by atoms with Gasteiger partial charge in [-0.25, -0.2) is 8.78 Å². The first-order chi connectivity index (χ1) is 12.9. The first-order valence-electron chi connectivity index (χ1n) is 8.10. The minimum atomic E-state index is -0.851. The van der Waals surface area contributed by atoms with Crippen LogP contribution in [0.3, 0.4) is 0 Å². The van der Waals surface area contributed by atoms with E-state index in [2.05, 4.69) is 5.32 Å². The third-order valence-corrected chi connectivity index (χ3v) is 3.85. The summed E-state index contributed by atoms with van der Waals surface area (Å²) in [6.07, 6.45) is 0. The van der Waals surface area contributed by atoms with Crippen molar-refractivity contribution < 1.29 is 27.8 Å². The first kappa shape index (κ1) is 20.2. The van der Waals surface area contributed by atoms with E-state index in [0.717, 1.165) is 11.0 Å². The van der Waals surface area contributed by atoms with Crippen molar-refractivity contribution in [2.45, 2.75) is 6.92 Å². The summed E-state index contributed by atoms with van der Waals surface area (Å²) < 4.78 is 37.2. The van der Waals surface area contributed by atoms with Crippen molar-refractivity contribution >= 4 is 17.5 Å². The fourth-order valence-electron chi connectivity index (χ4n) is 2.51. The minimum Gasteiger partial charge on any atom is -0.493 e. The van der Waals surface area contributed by atoms with Gasteiger partial charge in [0.2, 0.25) is 5.91 Å². The van der Waals surface area contributed by atoms with Crippen LogP contribution < -0.4 is 19.7 Å². The number of halogens is 2. The second kappa shape index (κ2) is 8.98. The number of carbonyl (C=O) groups is 2. The van der Waals surface area contributed by atoms with Crippen molar-refractivity contribution in [2.24, 2.45) is 0 Å². The summed E-state index contributed by atoms with van der Waals surface area (Å²) in [6, 6.07) is 7.64. The van der Waals surface area contributed by atoms with Crippen molar-refractivity contribution in [3.63, 3.8) is 0 Å². The van der Waals surface area contributed by atoms with Crippen LogP contribution in [0.15, 0.2) is 36.4 Å². The molecule has 2 aromatic rings. The highest BCUT2D eigenvalue weighted by Crippen LogP contribution is 2.27. The molecule has 2 amide bonds. The number of nitrogens with zero attached hydrogens (tertiary/aromatic N) is 1. The summed E-state index contributed by atoms with van der Waals surface area (Å²) in [7, 11) is 2.95. The smallest absolute Gasteiger partial charge is 0.251 e. The van der Waals surface area contributed by atoms with Crippen LogP contribution in [0.2, 0.25) is 0 Å². The van der Waals surface area contributed by atoms with Crippen molar-refractivity contribution in [3.8, 4) is 11.5 Å². The Morgan fingerprint density at radius 2 is 1.74 bits per heavy atom. The van der Waals surface area contributed by atoms with Gasteiger partial charge in [0, 0.05) is 31.6 Å². The number of carbonyl (C=O) groups excluding carboxylic acids is 2. The van der Waals surface area contributed by atoms with Gasteiger partial charge in [-0.2, -0.15) is 0 Å². The highest BCUT2D eigenvalue weighted by molar-refractivity contribution is 5.95. The zero-order valence-electron chi connectivity index (χ0n) is 15.2. The molecule has 0 aliphatic carbocycles. The Bertz CT molecular complexity index is 842. The van der Waals surface area contributed by atoms with Crippen molar-refractivity contribution in [3.05, 3.63) is 53.6 Å². The van der Waals surface area contributed by atoms with Crippen LogP contribution in [0, 0.1) is 11.6 Å². The van der Waals surface area contributed by atoms with Crippen LogP contribution in [0.5, 0.6) is 11.5 Å². The second-order valence-corrected chi connectivity index (χ2v) is 5.59. The molecule has 8 heteroatoms. The third-order valence-electron chi connectivity index (χ3n) is 3.85. The molecule has 0 unspecified atom stereocenters. The molecular formula is C19H20F2N2O4. The van der Waals surface area contributed by atoms with Crippen LogP contribution in [0.25, 0.3) is 0 Å². The average molecular weight is 378 g/mol. The van der Waals surface area contributed by atoms with E-state index in [0.29, 0.717) is 23.1 Å².